The molecule has 8 amide bonds. The molecule has 14 nitrogen and oxygen atoms in total. The minimum atomic E-state index is -0.863. The van der Waals surface area contributed by atoms with Gasteiger partial charge in [-0.25, -0.2) is 14.6 Å². The molecule has 0 saturated carbocycles. The number of amides is 8. The number of carbonyl (C=O) groups excluding carboxylic acids is 6. The second-order valence-electron chi connectivity index (χ2n) is 15.9. The van der Waals surface area contributed by atoms with E-state index >= 15 is 0 Å². The summed E-state index contributed by atoms with van der Waals surface area (Å²) in [5, 5.41) is 9.70. The second-order valence-corrected chi connectivity index (χ2v) is 16.3. The van der Waals surface area contributed by atoms with E-state index in [-0.39, 0.29) is 29.6 Å². The Balaban J connectivity index is 1.26. The number of benzene rings is 1. The average Bonchev–Trinajstić information content (AvgIpc) is 3.37. The number of anilines is 2. The Morgan fingerprint density at radius 2 is 1.27 bits per heavy atom. The van der Waals surface area contributed by atoms with Crippen molar-refractivity contribution in [2.24, 2.45) is 10.8 Å². The number of imide groups is 2. The summed E-state index contributed by atoms with van der Waals surface area (Å²) in [6.07, 6.45) is 3.63. The molecule has 5 rings (SSSR count). The van der Waals surface area contributed by atoms with Gasteiger partial charge in [-0.1, -0.05) is 53.1 Å². The topological polar surface area (TPSA) is 164 Å². The van der Waals surface area contributed by atoms with E-state index in [1.807, 2.05) is 6.07 Å². The molecule has 15 heteroatoms. The van der Waals surface area contributed by atoms with Crippen LogP contribution in [0.4, 0.5) is 21.1 Å². The van der Waals surface area contributed by atoms with Crippen LogP contribution in [0.5, 0.6) is 0 Å². The van der Waals surface area contributed by atoms with Crippen molar-refractivity contribution in [3.8, 4) is 0 Å². The summed E-state index contributed by atoms with van der Waals surface area (Å²) >= 11 is 6.33. The van der Waals surface area contributed by atoms with Gasteiger partial charge in [-0.3, -0.25) is 34.3 Å². The third kappa shape index (κ3) is 8.94. The molecule has 0 aliphatic carbocycles. The van der Waals surface area contributed by atoms with Gasteiger partial charge in [0.2, 0.25) is 11.8 Å². The van der Waals surface area contributed by atoms with Crippen molar-refractivity contribution in [3.63, 3.8) is 0 Å². The first-order valence-corrected chi connectivity index (χ1v) is 18.5. The highest BCUT2D eigenvalue weighted by molar-refractivity contribution is 6.31. The molecule has 4 heterocycles. The number of urea groups is 2. The molecule has 1 aromatic carbocycles. The number of pyridine rings is 1. The number of halogens is 1. The first kappa shape index (κ1) is 38.8. The molecule has 2 atom stereocenters. The summed E-state index contributed by atoms with van der Waals surface area (Å²) in [6, 6.07) is 4.45. The van der Waals surface area contributed by atoms with E-state index in [0.717, 1.165) is 17.5 Å². The Bertz CT molecular complexity index is 1730. The lowest BCUT2D eigenvalue weighted by Crippen LogP contribution is -2.57. The van der Waals surface area contributed by atoms with E-state index in [0.29, 0.717) is 81.9 Å². The number of nitrogens with zero attached hydrogens (tertiary/aromatic N) is 5. The predicted molar refractivity (Wildman–Crippen MR) is 199 cm³/mol. The second kappa shape index (κ2) is 15.6. The minimum Gasteiger partial charge on any atom is -0.367 e. The van der Waals surface area contributed by atoms with Crippen molar-refractivity contribution in [3.05, 3.63) is 29.3 Å². The number of likely N-dealkylation sites (tertiary alicyclic amines) is 2. The Morgan fingerprint density at radius 3 is 1.81 bits per heavy atom. The van der Waals surface area contributed by atoms with E-state index in [4.69, 9.17) is 11.6 Å². The lowest BCUT2D eigenvalue weighted by atomic mass is 9.94. The van der Waals surface area contributed by atoms with Crippen LogP contribution in [0.15, 0.2) is 24.3 Å². The third-order valence-electron chi connectivity index (χ3n) is 9.65. The number of nitrogens with one attached hydrogen (secondary N) is 3. The molecule has 0 bridgehead atoms. The standard InChI is InChI=1S/C37H51ClN8O6/c1-36(2,3)32(49)45-15-9-7-11-25(30(45)47)40-34(51)42-29-22-28(24-14-13-23(38)21-27(24)39-29)43-17-19-44(20-18-43)35(52)41-26-12-8-10-16-46(31(26)48)33(50)37(4,5)6/h13-14,21-22,25-26H,7-12,15-20H2,1-6H3,(H,41,52)(H2,39,40,42,51)/t25-,26+/m1/s1. The van der Waals surface area contributed by atoms with Crippen LogP contribution < -0.4 is 20.9 Å². The maximum Gasteiger partial charge on any atom is 0.321 e. The zero-order valence-corrected chi connectivity index (χ0v) is 31.8. The fourth-order valence-corrected chi connectivity index (χ4v) is 6.94. The first-order valence-electron chi connectivity index (χ1n) is 18.1. The highest BCUT2D eigenvalue weighted by atomic mass is 35.5. The number of fused-ring (bicyclic) bond motifs is 1. The average molecular weight is 739 g/mol. The SMILES string of the molecule is CC(C)(C)C(=O)N1CCCC[C@H](NC(=O)N2CCN(c3cc(NC(=O)N[C@@H]4CCCCN(C(=O)C(C)(C)C)C4=O)nc4cc(Cl)ccc34)CC2)C1=O. The molecule has 3 N–H and O–H groups in total. The number of hydrogen-bond donors (Lipinski definition) is 3. The smallest absolute Gasteiger partial charge is 0.321 e. The van der Waals surface area contributed by atoms with Crippen LogP contribution in [0, 0.1) is 10.8 Å². The van der Waals surface area contributed by atoms with Gasteiger partial charge in [-0.2, -0.15) is 0 Å². The summed E-state index contributed by atoms with van der Waals surface area (Å²) < 4.78 is 0. The van der Waals surface area contributed by atoms with Crippen molar-refractivity contribution in [2.75, 3.05) is 49.5 Å². The summed E-state index contributed by atoms with van der Waals surface area (Å²) in [5.41, 5.74) is -0.123. The summed E-state index contributed by atoms with van der Waals surface area (Å²) in [6.45, 7) is 12.9. The molecule has 3 aliphatic heterocycles. The molecule has 52 heavy (non-hydrogen) atoms. The zero-order valence-electron chi connectivity index (χ0n) is 31.0. The molecule has 3 fully saturated rings. The van der Waals surface area contributed by atoms with Crippen molar-refractivity contribution in [1.29, 1.82) is 0 Å². The number of aromatic nitrogens is 1. The van der Waals surface area contributed by atoms with Crippen LogP contribution >= 0.6 is 11.6 Å². The highest BCUT2D eigenvalue weighted by Crippen LogP contribution is 2.32. The highest BCUT2D eigenvalue weighted by Gasteiger charge is 2.38. The van der Waals surface area contributed by atoms with Crippen molar-refractivity contribution in [2.45, 2.75) is 92.2 Å². The van der Waals surface area contributed by atoms with Gasteiger partial charge < -0.3 is 20.4 Å². The summed E-state index contributed by atoms with van der Waals surface area (Å²) in [7, 11) is 0. The molecule has 0 radical (unpaired) electrons. The monoisotopic (exact) mass is 738 g/mol. The number of hydrogen-bond acceptors (Lipinski definition) is 8. The van der Waals surface area contributed by atoms with Gasteiger partial charge in [0.05, 0.1) is 5.52 Å². The minimum absolute atomic E-state index is 0.243. The number of carbonyl (C=O) groups is 6. The number of rotatable bonds is 4. The largest absolute Gasteiger partial charge is 0.367 e. The van der Waals surface area contributed by atoms with Crippen LogP contribution in [-0.4, -0.2) is 107 Å². The van der Waals surface area contributed by atoms with E-state index in [1.54, 1.807) is 64.6 Å². The van der Waals surface area contributed by atoms with Gasteiger partial charge in [0, 0.05) is 72.3 Å². The van der Waals surface area contributed by atoms with Gasteiger partial charge >= 0.3 is 12.1 Å². The van der Waals surface area contributed by atoms with Crippen molar-refractivity contribution in [1.82, 2.24) is 30.3 Å². The molecular formula is C37H51ClN8O6. The normalized spacial score (nSPS) is 20.7. The van der Waals surface area contributed by atoms with Crippen molar-refractivity contribution >= 4 is 69.7 Å². The molecule has 2 aromatic rings. The molecule has 0 unspecified atom stereocenters. The molecular weight excluding hydrogens is 688 g/mol. The molecule has 3 saturated heterocycles. The van der Waals surface area contributed by atoms with Crippen LogP contribution in [0.2, 0.25) is 5.02 Å². The third-order valence-corrected chi connectivity index (χ3v) is 9.89. The van der Waals surface area contributed by atoms with E-state index in [1.165, 1.54) is 9.80 Å². The molecule has 282 valence electrons. The van der Waals surface area contributed by atoms with Gasteiger partial charge in [-0.05, 0) is 56.7 Å². The first-order chi connectivity index (χ1) is 24.4. The van der Waals surface area contributed by atoms with Crippen LogP contribution in [0.25, 0.3) is 10.9 Å². The number of piperazine rings is 1. The molecule has 1 aromatic heterocycles. The predicted octanol–water partition coefficient (Wildman–Crippen LogP) is 4.75. The molecule has 0 spiro atoms. The summed E-state index contributed by atoms with van der Waals surface area (Å²) in [4.78, 5) is 90.3. The lowest BCUT2D eigenvalue weighted by Gasteiger charge is -2.37. The Kier molecular flexibility index (Phi) is 11.7. The van der Waals surface area contributed by atoms with Gasteiger partial charge in [0.25, 0.3) is 11.8 Å². The van der Waals surface area contributed by atoms with Gasteiger partial charge in [0.1, 0.15) is 17.9 Å². The fraction of sp³-hybridized carbons (Fsp3) is 0.595. The maximum atomic E-state index is 13.4. The van der Waals surface area contributed by atoms with E-state index in [2.05, 4.69) is 25.8 Å². The Hall–Kier alpha value is -4.46. The Labute approximate surface area is 309 Å². The van der Waals surface area contributed by atoms with Gasteiger partial charge in [0.15, 0.2) is 0 Å². The van der Waals surface area contributed by atoms with E-state index < -0.39 is 34.9 Å². The van der Waals surface area contributed by atoms with Gasteiger partial charge in [-0.15, -0.1) is 0 Å². The quantitative estimate of drug-likeness (QED) is 0.405. The van der Waals surface area contributed by atoms with Crippen LogP contribution in [-0.2, 0) is 19.2 Å². The Morgan fingerprint density at radius 1 is 0.731 bits per heavy atom. The van der Waals surface area contributed by atoms with Crippen LogP contribution in [0.3, 0.4) is 0 Å². The molecule has 3 aliphatic rings. The fourth-order valence-electron chi connectivity index (χ4n) is 6.77. The van der Waals surface area contributed by atoms with E-state index in [9.17, 15) is 28.8 Å². The van der Waals surface area contributed by atoms with Crippen LogP contribution in [0.1, 0.15) is 80.1 Å². The van der Waals surface area contributed by atoms with Crippen molar-refractivity contribution < 1.29 is 28.8 Å². The lowest BCUT2D eigenvalue weighted by molar-refractivity contribution is -0.152. The summed E-state index contributed by atoms with van der Waals surface area (Å²) in [5.74, 6) is -1.07. The maximum absolute atomic E-state index is 13.4. The zero-order chi connectivity index (χ0) is 38.0.